The molecule has 1 fully saturated rings. The van der Waals surface area contributed by atoms with Crippen LogP contribution in [0.4, 0.5) is 15.0 Å². The number of urea groups is 1. The number of methoxy groups -OCH3 is 1. The van der Waals surface area contributed by atoms with Crippen LogP contribution >= 0.6 is 0 Å². The van der Waals surface area contributed by atoms with Crippen molar-refractivity contribution in [3.05, 3.63) is 54.0 Å². The topological polar surface area (TPSA) is 63.7 Å². The number of carbonyl (C=O) groups excluding carboxylic acids is 1. The number of halogens is 1. The predicted molar refractivity (Wildman–Crippen MR) is 91.1 cm³/mol. The summed E-state index contributed by atoms with van der Waals surface area (Å²) in [4.78, 5) is 18.4. The highest BCUT2D eigenvalue weighted by Gasteiger charge is 2.30. The summed E-state index contributed by atoms with van der Waals surface area (Å²) in [5.74, 6) is 0.559. The number of nitrogens with zero attached hydrogens (tertiary/aromatic N) is 2. The van der Waals surface area contributed by atoms with Crippen LogP contribution in [0.5, 0.6) is 5.75 Å². The van der Waals surface area contributed by atoms with E-state index in [2.05, 4.69) is 10.3 Å². The van der Waals surface area contributed by atoms with Gasteiger partial charge in [-0.15, -0.1) is 0 Å². The summed E-state index contributed by atoms with van der Waals surface area (Å²) in [6.07, 6.45) is 1.14. The fourth-order valence-electron chi connectivity index (χ4n) is 2.81. The van der Waals surface area contributed by atoms with Gasteiger partial charge in [0.25, 0.3) is 0 Å². The Morgan fingerprint density at radius 1 is 1.32 bits per heavy atom. The average Bonchev–Trinajstić information content (AvgIpc) is 2.62. The zero-order valence-electron chi connectivity index (χ0n) is 14.1. The molecule has 25 heavy (non-hydrogen) atoms. The van der Waals surface area contributed by atoms with Crippen LogP contribution in [0.1, 0.15) is 18.6 Å². The third kappa shape index (κ3) is 4.06. The van der Waals surface area contributed by atoms with Crippen molar-refractivity contribution in [2.75, 3.05) is 25.5 Å². The summed E-state index contributed by atoms with van der Waals surface area (Å²) in [5, 5.41) is 2.77. The fourth-order valence-corrected chi connectivity index (χ4v) is 2.81. The minimum atomic E-state index is -0.305. The third-order valence-corrected chi connectivity index (χ3v) is 4.01. The SMILES string of the molecule is COc1cccnc1NC(=O)N1C[C@@H](C)O[C@@H](c2ccc(F)cc2)C1. The lowest BCUT2D eigenvalue weighted by Gasteiger charge is -2.37. The average molecular weight is 345 g/mol. The second-order valence-electron chi connectivity index (χ2n) is 5.88. The van der Waals surface area contributed by atoms with Gasteiger partial charge in [0, 0.05) is 12.7 Å². The van der Waals surface area contributed by atoms with Crippen molar-refractivity contribution in [3.63, 3.8) is 0 Å². The summed E-state index contributed by atoms with van der Waals surface area (Å²) >= 11 is 0. The van der Waals surface area contributed by atoms with E-state index in [1.54, 1.807) is 35.4 Å². The van der Waals surface area contributed by atoms with E-state index < -0.39 is 0 Å². The second kappa shape index (κ2) is 7.48. The van der Waals surface area contributed by atoms with Gasteiger partial charge in [0.05, 0.1) is 19.8 Å². The van der Waals surface area contributed by atoms with Crippen molar-refractivity contribution >= 4 is 11.8 Å². The first kappa shape index (κ1) is 17.2. The van der Waals surface area contributed by atoms with E-state index in [1.807, 2.05) is 6.92 Å². The zero-order valence-corrected chi connectivity index (χ0v) is 14.1. The first-order chi connectivity index (χ1) is 12.1. The highest BCUT2D eigenvalue weighted by Crippen LogP contribution is 2.27. The van der Waals surface area contributed by atoms with Crippen LogP contribution in [0, 0.1) is 5.82 Å². The van der Waals surface area contributed by atoms with E-state index in [-0.39, 0.29) is 24.1 Å². The van der Waals surface area contributed by atoms with E-state index in [1.165, 1.54) is 19.2 Å². The van der Waals surface area contributed by atoms with E-state index in [9.17, 15) is 9.18 Å². The van der Waals surface area contributed by atoms with E-state index in [0.717, 1.165) is 5.56 Å². The first-order valence-corrected chi connectivity index (χ1v) is 8.02. The predicted octanol–water partition coefficient (Wildman–Crippen LogP) is 3.22. The number of aromatic nitrogens is 1. The summed E-state index contributed by atoms with van der Waals surface area (Å²) < 4.78 is 24.2. The Kier molecular flexibility index (Phi) is 5.14. The van der Waals surface area contributed by atoms with Crippen LogP contribution in [0.15, 0.2) is 42.6 Å². The molecule has 1 N–H and O–H groups in total. The molecule has 0 unspecified atom stereocenters. The van der Waals surface area contributed by atoms with Gasteiger partial charge in [0.1, 0.15) is 11.9 Å². The highest BCUT2D eigenvalue weighted by molar-refractivity contribution is 5.89. The van der Waals surface area contributed by atoms with Gasteiger partial charge >= 0.3 is 6.03 Å². The van der Waals surface area contributed by atoms with Crippen LogP contribution in [0.25, 0.3) is 0 Å². The van der Waals surface area contributed by atoms with Gasteiger partial charge in [-0.05, 0) is 36.8 Å². The minimum absolute atomic E-state index is 0.139. The fraction of sp³-hybridized carbons (Fsp3) is 0.333. The molecule has 2 amide bonds. The van der Waals surface area contributed by atoms with Gasteiger partial charge in [0.15, 0.2) is 11.6 Å². The molecular formula is C18H20FN3O3. The molecule has 1 aliphatic heterocycles. The lowest BCUT2D eigenvalue weighted by molar-refractivity contribution is -0.0643. The number of nitrogens with one attached hydrogen (secondary N) is 1. The van der Waals surface area contributed by atoms with Crippen molar-refractivity contribution in [1.29, 1.82) is 0 Å². The molecule has 1 aliphatic rings. The van der Waals surface area contributed by atoms with Gasteiger partial charge in [-0.3, -0.25) is 5.32 Å². The van der Waals surface area contributed by atoms with Gasteiger partial charge in [-0.1, -0.05) is 12.1 Å². The number of anilines is 1. The van der Waals surface area contributed by atoms with Crippen LogP contribution in [-0.4, -0.2) is 42.2 Å². The first-order valence-electron chi connectivity index (χ1n) is 8.02. The molecule has 1 aromatic heterocycles. The summed E-state index contributed by atoms with van der Waals surface area (Å²) in [5.41, 5.74) is 0.834. The number of pyridine rings is 1. The van der Waals surface area contributed by atoms with Crippen LogP contribution in [-0.2, 0) is 4.74 Å². The van der Waals surface area contributed by atoms with Crippen LogP contribution in [0.3, 0.4) is 0 Å². The number of amides is 2. The zero-order chi connectivity index (χ0) is 17.8. The van der Waals surface area contributed by atoms with E-state index in [0.29, 0.717) is 24.7 Å². The van der Waals surface area contributed by atoms with Crippen molar-refractivity contribution in [2.24, 2.45) is 0 Å². The summed E-state index contributed by atoms with van der Waals surface area (Å²) in [7, 11) is 1.52. The molecule has 0 aliphatic carbocycles. The summed E-state index contributed by atoms with van der Waals surface area (Å²) in [6.45, 7) is 2.73. The normalized spacial score (nSPS) is 20.2. The molecule has 0 bridgehead atoms. The molecule has 0 spiro atoms. The van der Waals surface area contributed by atoms with Crippen LogP contribution < -0.4 is 10.1 Å². The van der Waals surface area contributed by atoms with Crippen molar-refractivity contribution in [2.45, 2.75) is 19.1 Å². The molecule has 2 aromatic rings. The number of ether oxygens (including phenoxy) is 2. The largest absolute Gasteiger partial charge is 0.493 e. The maximum absolute atomic E-state index is 13.1. The molecule has 0 radical (unpaired) electrons. The standard InChI is InChI=1S/C18H20FN3O3/c1-12-10-22(11-16(25-12)13-5-7-14(19)8-6-13)18(23)21-17-15(24-2)4-3-9-20-17/h3-9,12,16H,10-11H2,1-2H3,(H,20,21,23)/t12-,16-/m1/s1. The maximum atomic E-state index is 13.1. The third-order valence-electron chi connectivity index (χ3n) is 4.01. The van der Waals surface area contributed by atoms with Gasteiger partial charge in [0.2, 0.25) is 0 Å². The number of hydrogen-bond donors (Lipinski definition) is 1. The van der Waals surface area contributed by atoms with E-state index >= 15 is 0 Å². The van der Waals surface area contributed by atoms with Gasteiger partial charge < -0.3 is 14.4 Å². The highest BCUT2D eigenvalue weighted by atomic mass is 19.1. The second-order valence-corrected chi connectivity index (χ2v) is 5.88. The number of rotatable bonds is 3. The Morgan fingerprint density at radius 2 is 2.08 bits per heavy atom. The Morgan fingerprint density at radius 3 is 2.80 bits per heavy atom. The van der Waals surface area contributed by atoms with Crippen molar-refractivity contribution in [1.82, 2.24) is 9.88 Å². The Hall–Kier alpha value is -2.67. The molecule has 1 aromatic carbocycles. The monoisotopic (exact) mass is 345 g/mol. The number of morpholine rings is 1. The molecular weight excluding hydrogens is 325 g/mol. The Balaban J connectivity index is 1.72. The van der Waals surface area contributed by atoms with Crippen molar-refractivity contribution in [3.8, 4) is 5.75 Å². The maximum Gasteiger partial charge on any atom is 0.323 e. The van der Waals surface area contributed by atoms with Crippen LogP contribution in [0.2, 0.25) is 0 Å². The Labute approximate surface area is 145 Å². The lowest BCUT2D eigenvalue weighted by Crippen LogP contribution is -2.47. The molecule has 132 valence electrons. The molecule has 3 rings (SSSR count). The minimum Gasteiger partial charge on any atom is -0.493 e. The number of carbonyl (C=O) groups is 1. The molecule has 1 saturated heterocycles. The quantitative estimate of drug-likeness (QED) is 0.928. The molecule has 2 atom stereocenters. The number of benzene rings is 1. The van der Waals surface area contributed by atoms with Gasteiger partial charge in [-0.2, -0.15) is 0 Å². The summed E-state index contributed by atoms with van der Waals surface area (Å²) in [6, 6.07) is 9.31. The van der Waals surface area contributed by atoms with E-state index in [4.69, 9.17) is 9.47 Å². The molecule has 6 nitrogen and oxygen atoms in total. The molecule has 7 heteroatoms. The molecule has 0 saturated carbocycles. The smallest absolute Gasteiger partial charge is 0.323 e. The Bertz CT molecular complexity index is 739. The van der Waals surface area contributed by atoms with Gasteiger partial charge in [-0.25, -0.2) is 14.2 Å². The number of hydrogen-bond acceptors (Lipinski definition) is 4. The molecule has 2 heterocycles. The lowest BCUT2D eigenvalue weighted by atomic mass is 10.1. The van der Waals surface area contributed by atoms with Crippen molar-refractivity contribution < 1.29 is 18.7 Å².